The van der Waals surface area contributed by atoms with E-state index < -0.39 is 17.7 Å². The molecule has 11 heteroatoms. The highest BCUT2D eigenvalue weighted by Crippen LogP contribution is 2.44. The molecule has 4 aromatic rings. The Bertz CT molecular complexity index is 1670. The van der Waals surface area contributed by atoms with Crippen LogP contribution in [0.1, 0.15) is 35.2 Å². The van der Waals surface area contributed by atoms with E-state index in [1.54, 1.807) is 60.7 Å². The number of hydrogen-bond acceptors (Lipinski definition) is 8. The molecule has 7 nitrogen and oxygen atoms in total. The molecule has 3 heterocycles. The van der Waals surface area contributed by atoms with Crippen LogP contribution in [0, 0.1) is 5.82 Å². The van der Waals surface area contributed by atoms with Gasteiger partial charge in [0.05, 0.1) is 11.6 Å². The molecular weight excluding hydrogens is 617 g/mol. The zero-order valence-corrected chi connectivity index (χ0v) is 24.2. The van der Waals surface area contributed by atoms with Gasteiger partial charge in [-0.1, -0.05) is 69.4 Å². The van der Waals surface area contributed by atoms with Crippen molar-refractivity contribution < 1.29 is 23.8 Å². The molecule has 0 aliphatic carbocycles. The molecular formula is C29H21BrFN3O4S2. The number of fused-ring (bicyclic) bond motifs is 1. The molecule has 1 aromatic heterocycles. The van der Waals surface area contributed by atoms with E-state index in [1.165, 1.54) is 22.7 Å². The van der Waals surface area contributed by atoms with Crippen molar-refractivity contribution in [3.63, 3.8) is 0 Å². The number of halogens is 2. The fourth-order valence-corrected chi connectivity index (χ4v) is 6.95. The lowest BCUT2D eigenvalue weighted by molar-refractivity contribution is -0.132. The number of aromatic nitrogens is 2. The molecule has 1 fully saturated rings. The van der Waals surface area contributed by atoms with Gasteiger partial charge < -0.3 is 9.84 Å². The third kappa shape index (κ3) is 4.93. The van der Waals surface area contributed by atoms with Crippen molar-refractivity contribution in [1.82, 2.24) is 10.2 Å². The molecule has 2 unspecified atom stereocenters. The van der Waals surface area contributed by atoms with Gasteiger partial charge in [0, 0.05) is 22.2 Å². The average molecular weight is 639 g/mol. The highest BCUT2D eigenvalue weighted by molar-refractivity contribution is 9.10. The van der Waals surface area contributed by atoms with E-state index in [9.17, 15) is 19.1 Å². The largest absolute Gasteiger partial charge is 0.507 e. The summed E-state index contributed by atoms with van der Waals surface area (Å²) in [6.45, 7) is 1.96. The Balaban J connectivity index is 1.39. The van der Waals surface area contributed by atoms with Crippen molar-refractivity contribution in [3.05, 3.63) is 105 Å². The molecule has 2 aliphatic heterocycles. The Morgan fingerprint density at radius 2 is 1.93 bits per heavy atom. The molecule has 2 aliphatic rings. The second kappa shape index (κ2) is 10.8. The van der Waals surface area contributed by atoms with Gasteiger partial charge in [-0.15, -0.1) is 10.2 Å². The number of carbonyl (C=O) groups excluding carboxylic acids is 2. The predicted octanol–water partition coefficient (Wildman–Crippen LogP) is 6.68. The number of nitrogens with zero attached hydrogens (tertiary/aromatic N) is 3. The lowest BCUT2D eigenvalue weighted by Crippen LogP contribution is -2.29. The van der Waals surface area contributed by atoms with E-state index in [1.807, 2.05) is 6.92 Å². The third-order valence-electron chi connectivity index (χ3n) is 6.71. The van der Waals surface area contributed by atoms with Gasteiger partial charge in [-0.3, -0.25) is 14.5 Å². The summed E-state index contributed by atoms with van der Waals surface area (Å²) in [5.74, 6) is -1.14. The second-order valence-electron chi connectivity index (χ2n) is 9.41. The molecule has 0 saturated carbocycles. The second-order valence-corrected chi connectivity index (χ2v) is 12.5. The lowest BCUT2D eigenvalue weighted by Gasteiger charge is -2.22. The van der Waals surface area contributed by atoms with E-state index in [4.69, 9.17) is 4.74 Å². The number of benzene rings is 3. The lowest BCUT2D eigenvalue weighted by atomic mass is 9.94. The van der Waals surface area contributed by atoms with Crippen LogP contribution in [-0.2, 0) is 21.8 Å². The van der Waals surface area contributed by atoms with Crippen LogP contribution in [-0.4, -0.2) is 33.1 Å². The van der Waals surface area contributed by atoms with Crippen LogP contribution in [0.4, 0.5) is 9.52 Å². The highest BCUT2D eigenvalue weighted by Gasteiger charge is 2.48. The summed E-state index contributed by atoms with van der Waals surface area (Å²) < 4.78 is 21.2. The van der Waals surface area contributed by atoms with Crippen LogP contribution >= 0.6 is 39.0 Å². The quantitative estimate of drug-likeness (QED) is 0.0828. The standard InChI is InChI=1S/C29H21BrFN3O4S2/c1-15-12-19-13-17(8-11-22(19)38-15)25(35)23-24(16-6-9-20(30)10-7-16)34(27(37)26(23)36)28-32-33-29(40-28)39-14-18-4-2-3-5-21(18)31/h2-11,13,15,24,35H,12,14H2,1H3/b25-23+. The Morgan fingerprint density at radius 1 is 1.15 bits per heavy atom. The first-order valence-electron chi connectivity index (χ1n) is 12.4. The van der Waals surface area contributed by atoms with Crippen LogP contribution in [0.2, 0.25) is 0 Å². The molecule has 6 rings (SSSR count). The molecule has 2 atom stereocenters. The molecule has 40 heavy (non-hydrogen) atoms. The summed E-state index contributed by atoms with van der Waals surface area (Å²) in [5.41, 5.74) is 2.46. The van der Waals surface area contributed by atoms with Crippen molar-refractivity contribution >= 4 is 61.6 Å². The maximum Gasteiger partial charge on any atom is 0.301 e. The fourth-order valence-electron chi connectivity index (χ4n) is 4.83. The van der Waals surface area contributed by atoms with Crippen LogP contribution in [0.25, 0.3) is 5.76 Å². The van der Waals surface area contributed by atoms with E-state index in [0.717, 1.165) is 27.1 Å². The van der Waals surface area contributed by atoms with Gasteiger partial charge in [-0.05, 0) is 60.0 Å². The summed E-state index contributed by atoms with van der Waals surface area (Å²) in [6.07, 6.45) is 0.697. The van der Waals surface area contributed by atoms with Gasteiger partial charge in [0.2, 0.25) is 5.13 Å². The first-order valence-corrected chi connectivity index (χ1v) is 15.0. The number of carbonyl (C=O) groups is 2. The predicted molar refractivity (Wildman–Crippen MR) is 155 cm³/mol. The van der Waals surface area contributed by atoms with Crippen LogP contribution < -0.4 is 9.64 Å². The number of ether oxygens (including phenoxy) is 1. The molecule has 0 bridgehead atoms. The summed E-state index contributed by atoms with van der Waals surface area (Å²) in [4.78, 5) is 28.2. The Kier molecular flexibility index (Phi) is 7.20. The van der Waals surface area contributed by atoms with Crippen molar-refractivity contribution in [1.29, 1.82) is 0 Å². The number of aliphatic hydroxyl groups excluding tert-OH is 1. The van der Waals surface area contributed by atoms with E-state index in [2.05, 4.69) is 26.1 Å². The van der Waals surface area contributed by atoms with Gasteiger partial charge in [0.1, 0.15) is 23.4 Å². The Hall–Kier alpha value is -3.54. The monoisotopic (exact) mass is 637 g/mol. The minimum atomic E-state index is -0.922. The van der Waals surface area contributed by atoms with E-state index in [0.29, 0.717) is 33.2 Å². The van der Waals surface area contributed by atoms with Crippen molar-refractivity contribution in [2.75, 3.05) is 4.90 Å². The van der Waals surface area contributed by atoms with Gasteiger partial charge in [0.25, 0.3) is 5.78 Å². The molecule has 3 aromatic carbocycles. The number of rotatable bonds is 6. The van der Waals surface area contributed by atoms with Crippen molar-refractivity contribution in [2.45, 2.75) is 35.6 Å². The molecule has 0 radical (unpaired) electrons. The van der Waals surface area contributed by atoms with Gasteiger partial charge in [-0.25, -0.2) is 4.39 Å². The molecule has 202 valence electrons. The number of aliphatic hydroxyl groups is 1. The Labute approximate surface area is 245 Å². The average Bonchev–Trinajstić information content (AvgIpc) is 3.63. The van der Waals surface area contributed by atoms with E-state index >= 15 is 0 Å². The number of ketones is 1. The third-order valence-corrected chi connectivity index (χ3v) is 9.34. The van der Waals surface area contributed by atoms with E-state index in [-0.39, 0.29) is 28.4 Å². The highest BCUT2D eigenvalue weighted by atomic mass is 79.9. The van der Waals surface area contributed by atoms with Crippen LogP contribution in [0.5, 0.6) is 5.75 Å². The van der Waals surface area contributed by atoms with Crippen molar-refractivity contribution in [3.8, 4) is 5.75 Å². The molecule has 1 amide bonds. The molecule has 1 N–H and O–H groups in total. The number of anilines is 1. The summed E-state index contributed by atoms with van der Waals surface area (Å²) in [6, 6.07) is 18.0. The number of thioether (sulfide) groups is 1. The SMILES string of the molecule is CC1Cc2cc(/C(O)=C3\C(=O)C(=O)N(c4nnc(SCc5ccccc5F)s4)C3c3ccc(Br)cc3)ccc2O1. The van der Waals surface area contributed by atoms with Crippen molar-refractivity contribution in [2.24, 2.45) is 0 Å². The summed E-state index contributed by atoms with van der Waals surface area (Å²) in [5, 5.41) is 20.1. The summed E-state index contributed by atoms with van der Waals surface area (Å²) in [7, 11) is 0. The van der Waals surface area contributed by atoms with Crippen LogP contribution in [0.3, 0.4) is 0 Å². The number of Topliss-reactive ketones (excluding diaryl/α,β-unsaturated/α-hetero) is 1. The van der Waals surface area contributed by atoms with Gasteiger partial charge in [-0.2, -0.15) is 0 Å². The first kappa shape index (κ1) is 26.7. The maximum absolute atomic E-state index is 14.1. The fraction of sp³-hybridized carbons (Fsp3) is 0.172. The zero-order valence-electron chi connectivity index (χ0n) is 21.0. The first-order chi connectivity index (χ1) is 19.3. The normalized spacial score (nSPS) is 19.6. The molecule has 1 saturated heterocycles. The number of hydrogen-bond donors (Lipinski definition) is 1. The minimum absolute atomic E-state index is 0.0172. The van der Waals surface area contributed by atoms with Gasteiger partial charge >= 0.3 is 5.91 Å². The maximum atomic E-state index is 14.1. The molecule has 0 spiro atoms. The smallest absolute Gasteiger partial charge is 0.301 e. The topological polar surface area (TPSA) is 92.6 Å². The van der Waals surface area contributed by atoms with Crippen LogP contribution in [0.15, 0.2) is 81.1 Å². The van der Waals surface area contributed by atoms with Gasteiger partial charge in [0.15, 0.2) is 4.34 Å². The zero-order chi connectivity index (χ0) is 28.0. The number of amides is 1. The summed E-state index contributed by atoms with van der Waals surface area (Å²) >= 11 is 5.84. The minimum Gasteiger partial charge on any atom is -0.507 e. The Morgan fingerprint density at radius 3 is 2.70 bits per heavy atom.